The van der Waals surface area contributed by atoms with Gasteiger partial charge in [0.25, 0.3) is 0 Å². The molecular weight excluding hydrogens is 661 g/mol. The fourth-order valence-electron chi connectivity index (χ4n) is 6.85. The van der Waals surface area contributed by atoms with Crippen molar-refractivity contribution in [2.24, 2.45) is 17.8 Å². The third-order valence-corrected chi connectivity index (χ3v) is 10.8. The van der Waals surface area contributed by atoms with E-state index < -0.39 is 6.10 Å². The summed E-state index contributed by atoms with van der Waals surface area (Å²) in [5.74, 6) is 1.56. The van der Waals surface area contributed by atoms with Crippen LogP contribution >= 0.6 is 0 Å². The fourth-order valence-corrected chi connectivity index (χ4v) is 6.85. The van der Waals surface area contributed by atoms with E-state index in [9.17, 15) is 14.4 Å². The molecule has 6 heteroatoms. The highest BCUT2D eigenvalue weighted by Crippen LogP contribution is 2.17. The highest BCUT2D eigenvalue weighted by Gasteiger charge is 2.19. The minimum Gasteiger partial charge on any atom is -0.462 e. The van der Waals surface area contributed by atoms with Crippen LogP contribution in [0.3, 0.4) is 0 Å². The lowest BCUT2D eigenvalue weighted by Gasteiger charge is -2.18. The van der Waals surface area contributed by atoms with E-state index in [4.69, 9.17) is 14.2 Å². The van der Waals surface area contributed by atoms with Crippen LogP contribution in [0.25, 0.3) is 0 Å². The lowest BCUT2D eigenvalue weighted by molar-refractivity contribution is -0.167. The van der Waals surface area contributed by atoms with Crippen molar-refractivity contribution in [2.75, 3.05) is 13.2 Å². The molecule has 2 atom stereocenters. The van der Waals surface area contributed by atoms with Gasteiger partial charge in [0.15, 0.2) is 6.10 Å². The summed E-state index contributed by atoms with van der Waals surface area (Å²) in [4.78, 5) is 37.7. The van der Waals surface area contributed by atoms with Crippen LogP contribution in [0, 0.1) is 17.8 Å². The van der Waals surface area contributed by atoms with Crippen LogP contribution in [-0.4, -0.2) is 37.2 Å². The molecule has 0 saturated heterocycles. The molecule has 0 saturated carbocycles. The lowest BCUT2D eigenvalue weighted by atomic mass is 10.00. The zero-order chi connectivity index (χ0) is 39.2. The van der Waals surface area contributed by atoms with Crippen molar-refractivity contribution >= 4 is 17.9 Å². The Bertz CT molecular complexity index is 824. The Labute approximate surface area is 329 Å². The van der Waals surface area contributed by atoms with Gasteiger partial charge in [-0.3, -0.25) is 14.4 Å². The Hall–Kier alpha value is -1.59. The van der Waals surface area contributed by atoms with E-state index in [1.54, 1.807) is 0 Å². The highest BCUT2D eigenvalue weighted by molar-refractivity contribution is 5.71. The largest absolute Gasteiger partial charge is 0.462 e. The van der Waals surface area contributed by atoms with Crippen LogP contribution in [0.1, 0.15) is 247 Å². The Morgan fingerprint density at radius 2 is 0.660 bits per heavy atom. The van der Waals surface area contributed by atoms with Gasteiger partial charge in [-0.1, -0.05) is 208 Å². The summed E-state index contributed by atoms with van der Waals surface area (Å²) in [6, 6.07) is 0. The molecule has 0 N–H and O–H groups in total. The summed E-state index contributed by atoms with van der Waals surface area (Å²) < 4.78 is 16.7. The van der Waals surface area contributed by atoms with Gasteiger partial charge in [0.05, 0.1) is 0 Å². The summed E-state index contributed by atoms with van der Waals surface area (Å²) in [6.45, 7) is 13.6. The lowest BCUT2D eigenvalue weighted by Crippen LogP contribution is -2.30. The second kappa shape index (κ2) is 38.7. The Kier molecular flexibility index (Phi) is 37.5. The molecule has 1 unspecified atom stereocenters. The fraction of sp³-hybridized carbons (Fsp3) is 0.936. The molecule has 314 valence electrons. The van der Waals surface area contributed by atoms with Gasteiger partial charge in [0, 0.05) is 19.3 Å². The standard InChI is InChI=1S/C47H90O6/c1-7-43(6)35-29-23-19-20-26-32-38-47(50)53-44(40-52-46(49)37-31-25-18-14-16-22-28-34-42(4)5)39-51-45(48)36-30-24-17-13-11-9-8-10-12-15-21-27-33-41(2)3/h41-44H,7-40H2,1-6H3/t43?,44-/m0/s1. The molecule has 0 aromatic carbocycles. The van der Waals surface area contributed by atoms with E-state index in [-0.39, 0.29) is 31.1 Å². The number of hydrogen-bond acceptors (Lipinski definition) is 6. The minimum atomic E-state index is -0.762. The molecule has 0 aliphatic rings. The Morgan fingerprint density at radius 1 is 0.377 bits per heavy atom. The van der Waals surface area contributed by atoms with Crippen molar-refractivity contribution in [3.05, 3.63) is 0 Å². The molecule has 0 aliphatic carbocycles. The quantitative estimate of drug-likeness (QED) is 0.0352. The number of hydrogen-bond donors (Lipinski definition) is 0. The molecule has 0 radical (unpaired) electrons. The number of carbonyl (C=O) groups is 3. The first kappa shape index (κ1) is 51.4. The van der Waals surface area contributed by atoms with Crippen molar-refractivity contribution in [3.63, 3.8) is 0 Å². The van der Waals surface area contributed by atoms with Crippen LogP contribution in [0.15, 0.2) is 0 Å². The molecule has 0 aliphatic heterocycles. The Balaban J connectivity index is 4.31. The molecule has 0 bridgehead atoms. The molecule has 0 spiro atoms. The van der Waals surface area contributed by atoms with E-state index in [0.717, 1.165) is 75.5 Å². The van der Waals surface area contributed by atoms with Crippen LogP contribution in [0.2, 0.25) is 0 Å². The van der Waals surface area contributed by atoms with Crippen molar-refractivity contribution < 1.29 is 28.6 Å². The third kappa shape index (κ3) is 39.9. The average molecular weight is 751 g/mol. The first-order valence-electron chi connectivity index (χ1n) is 23.1. The Morgan fingerprint density at radius 3 is 0.981 bits per heavy atom. The normalized spacial score (nSPS) is 12.7. The van der Waals surface area contributed by atoms with E-state index in [1.165, 1.54) is 128 Å². The van der Waals surface area contributed by atoms with E-state index in [1.807, 2.05) is 0 Å². The second-order valence-corrected chi connectivity index (χ2v) is 17.2. The van der Waals surface area contributed by atoms with E-state index >= 15 is 0 Å². The number of unbranched alkanes of at least 4 members (excludes halogenated alkanes) is 22. The maximum absolute atomic E-state index is 12.7. The average Bonchev–Trinajstić information content (AvgIpc) is 3.12. The SMILES string of the molecule is CCC(C)CCCCCCCCC(=O)O[C@@H](COC(=O)CCCCCCCCCCCCCCC(C)C)COC(=O)CCCCCCCCCC(C)C. The van der Waals surface area contributed by atoms with Crippen molar-refractivity contribution in [2.45, 2.75) is 253 Å². The summed E-state index contributed by atoms with van der Waals surface area (Å²) in [6.07, 6.45) is 35.3. The van der Waals surface area contributed by atoms with Crippen LogP contribution in [0.5, 0.6) is 0 Å². The number of esters is 3. The summed E-state index contributed by atoms with van der Waals surface area (Å²) in [5, 5.41) is 0. The molecule has 0 rings (SSSR count). The molecule has 6 nitrogen and oxygen atoms in total. The summed E-state index contributed by atoms with van der Waals surface area (Å²) >= 11 is 0. The highest BCUT2D eigenvalue weighted by atomic mass is 16.6. The summed E-state index contributed by atoms with van der Waals surface area (Å²) in [5.41, 5.74) is 0. The summed E-state index contributed by atoms with van der Waals surface area (Å²) in [7, 11) is 0. The zero-order valence-corrected chi connectivity index (χ0v) is 36.3. The molecule has 0 aromatic rings. The second-order valence-electron chi connectivity index (χ2n) is 17.2. The van der Waals surface area contributed by atoms with E-state index in [2.05, 4.69) is 41.5 Å². The van der Waals surface area contributed by atoms with Crippen molar-refractivity contribution in [3.8, 4) is 0 Å². The minimum absolute atomic E-state index is 0.0669. The molecule has 53 heavy (non-hydrogen) atoms. The number of carbonyl (C=O) groups excluding carboxylic acids is 3. The van der Waals surface area contributed by atoms with Crippen molar-refractivity contribution in [1.29, 1.82) is 0 Å². The van der Waals surface area contributed by atoms with Gasteiger partial charge >= 0.3 is 17.9 Å². The maximum atomic E-state index is 12.7. The van der Waals surface area contributed by atoms with Gasteiger partial charge in [-0.15, -0.1) is 0 Å². The van der Waals surface area contributed by atoms with Crippen LogP contribution in [0.4, 0.5) is 0 Å². The molecule has 0 fully saturated rings. The predicted molar refractivity (Wildman–Crippen MR) is 224 cm³/mol. The topological polar surface area (TPSA) is 78.9 Å². The zero-order valence-electron chi connectivity index (χ0n) is 36.3. The van der Waals surface area contributed by atoms with Gasteiger partial charge in [-0.05, 0) is 37.0 Å². The molecular formula is C47H90O6. The molecule has 0 aromatic heterocycles. The molecule has 0 amide bonds. The van der Waals surface area contributed by atoms with Gasteiger partial charge < -0.3 is 14.2 Å². The van der Waals surface area contributed by atoms with Crippen LogP contribution in [-0.2, 0) is 28.6 Å². The van der Waals surface area contributed by atoms with Gasteiger partial charge in [0.2, 0.25) is 0 Å². The number of ether oxygens (including phenoxy) is 3. The number of rotatable bonds is 40. The smallest absolute Gasteiger partial charge is 0.306 e. The van der Waals surface area contributed by atoms with Gasteiger partial charge in [0.1, 0.15) is 13.2 Å². The monoisotopic (exact) mass is 751 g/mol. The first-order valence-corrected chi connectivity index (χ1v) is 23.1. The van der Waals surface area contributed by atoms with Crippen LogP contribution < -0.4 is 0 Å². The van der Waals surface area contributed by atoms with Gasteiger partial charge in [-0.2, -0.15) is 0 Å². The first-order chi connectivity index (χ1) is 25.6. The van der Waals surface area contributed by atoms with Crippen molar-refractivity contribution in [1.82, 2.24) is 0 Å². The molecule has 0 heterocycles. The van der Waals surface area contributed by atoms with E-state index in [0.29, 0.717) is 19.3 Å². The maximum Gasteiger partial charge on any atom is 0.306 e. The predicted octanol–water partition coefficient (Wildman–Crippen LogP) is 14.4. The van der Waals surface area contributed by atoms with Gasteiger partial charge in [-0.25, -0.2) is 0 Å². The third-order valence-electron chi connectivity index (χ3n) is 10.8.